The van der Waals surface area contributed by atoms with Crippen LogP contribution in [0.4, 0.5) is 17.1 Å². The van der Waals surface area contributed by atoms with Crippen molar-refractivity contribution in [3.8, 4) is 11.1 Å². The van der Waals surface area contributed by atoms with E-state index in [-0.39, 0.29) is 0 Å². The molecule has 0 fully saturated rings. The maximum atomic E-state index is 6.55. The fourth-order valence-corrected chi connectivity index (χ4v) is 6.92. The van der Waals surface area contributed by atoms with Crippen molar-refractivity contribution in [2.24, 2.45) is 0 Å². The fourth-order valence-electron chi connectivity index (χ4n) is 6.92. The Labute approximate surface area is 255 Å². The Balaban J connectivity index is 1.37. The van der Waals surface area contributed by atoms with Gasteiger partial charge in [0.2, 0.25) is 0 Å². The minimum absolute atomic E-state index is 0.911. The van der Waals surface area contributed by atoms with E-state index in [1.54, 1.807) is 0 Å². The van der Waals surface area contributed by atoms with Gasteiger partial charge in [0, 0.05) is 32.9 Å². The van der Waals surface area contributed by atoms with E-state index in [2.05, 4.69) is 163 Å². The Morgan fingerprint density at radius 2 is 0.977 bits per heavy atom. The molecule has 206 valence electrons. The number of rotatable bonds is 4. The molecule has 0 saturated heterocycles. The van der Waals surface area contributed by atoms with Crippen LogP contribution in [0.5, 0.6) is 0 Å². The van der Waals surface area contributed by atoms with Gasteiger partial charge in [0.1, 0.15) is 11.2 Å². The highest BCUT2D eigenvalue weighted by molar-refractivity contribution is 6.30. The number of nitrogens with zero attached hydrogens (tertiary/aromatic N) is 1. The average Bonchev–Trinajstić information content (AvgIpc) is 3.47. The zero-order valence-electron chi connectivity index (χ0n) is 23.9. The molecule has 0 saturated carbocycles. The highest BCUT2D eigenvalue weighted by Crippen LogP contribution is 2.46. The second-order valence-corrected chi connectivity index (χ2v) is 11.3. The van der Waals surface area contributed by atoms with Gasteiger partial charge in [-0.2, -0.15) is 0 Å². The molecule has 0 aliphatic rings. The van der Waals surface area contributed by atoms with Crippen LogP contribution in [0.3, 0.4) is 0 Å². The van der Waals surface area contributed by atoms with Crippen LogP contribution in [-0.2, 0) is 0 Å². The van der Waals surface area contributed by atoms with Gasteiger partial charge in [0.05, 0.1) is 5.69 Å². The summed E-state index contributed by atoms with van der Waals surface area (Å²) in [6.07, 6.45) is 0. The summed E-state index contributed by atoms with van der Waals surface area (Å²) in [6, 6.07) is 58.4. The third kappa shape index (κ3) is 3.75. The predicted molar refractivity (Wildman–Crippen MR) is 186 cm³/mol. The van der Waals surface area contributed by atoms with Crippen molar-refractivity contribution in [3.05, 3.63) is 164 Å². The first-order valence-corrected chi connectivity index (χ1v) is 15.0. The van der Waals surface area contributed by atoms with Crippen LogP contribution in [0, 0.1) is 0 Å². The second-order valence-electron chi connectivity index (χ2n) is 11.3. The zero-order valence-corrected chi connectivity index (χ0v) is 23.9. The standard InChI is InChI=1S/C42H27NO/c1-3-14-29(15-4-1)43(30-16-5-2-6-17-30)38-26-25-33(32-19-9-10-20-34(32)38)37-27-40-42(36-21-11-12-22-39(36)44-40)41-31-18-8-7-13-28(31)23-24-35(37)41/h1-27H. The molecule has 0 amide bonds. The molecular formula is C42H27NO. The maximum Gasteiger partial charge on any atom is 0.136 e. The predicted octanol–water partition coefficient (Wildman–Crippen LogP) is 12.2. The van der Waals surface area contributed by atoms with E-state index < -0.39 is 0 Å². The van der Waals surface area contributed by atoms with Crippen LogP contribution in [0.2, 0.25) is 0 Å². The first-order chi connectivity index (χ1) is 21.8. The summed E-state index contributed by atoms with van der Waals surface area (Å²) in [7, 11) is 0. The summed E-state index contributed by atoms with van der Waals surface area (Å²) in [6.45, 7) is 0. The van der Waals surface area contributed by atoms with Gasteiger partial charge in [-0.1, -0.05) is 121 Å². The molecular weight excluding hydrogens is 534 g/mol. The van der Waals surface area contributed by atoms with Gasteiger partial charge in [-0.15, -0.1) is 0 Å². The largest absolute Gasteiger partial charge is 0.456 e. The molecule has 0 bridgehead atoms. The molecule has 0 unspecified atom stereocenters. The Bertz CT molecular complexity index is 2450. The quantitative estimate of drug-likeness (QED) is 0.199. The number of benzene rings is 8. The van der Waals surface area contributed by atoms with E-state index in [1.165, 1.54) is 48.8 Å². The van der Waals surface area contributed by atoms with E-state index in [0.717, 1.165) is 33.6 Å². The van der Waals surface area contributed by atoms with Crippen molar-refractivity contribution in [1.29, 1.82) is 0 Å². The third-order valence-corrected chi connectivity index (χ3v) is 8.83. The SMILES string of the molecule is c1ccc(N(c2ccccc2)c2ccc(-c3cc4oc5ccccc5c4c4c3ccc3ccccc34)c3ccccc23)cc1. The summed E-state index contributed by atoms with van der Waals surface area (Å²) in [5, 5.41) is 9.65. The van der Waals surface area contributed by atoms with Crippen molar-refractivity contribution in [3.63, 3.8) is 0 Å². The molecule has 1 aromatic heterocycles. The normalized spacial score (nSPS) is 11.6. The molecule has 2 heteroatoms. The Morgan fingerprint density at radius 1 is 0.364 bits per heavy atom. The molecule has 9 rings (SSSR count). The molecule has 0 atom stereocenters. The van der Waals surface area contributed by atoms with Gasteiger partial charge >= 0.3 is 0 Å². The molecule has 9 aromatic rings. The summed E-state index contributed by atoms with van der Waals surface area (Å²) in [4.78, 5) is 2.35. The van der Waals surface area contributed by atoms with Crippen molar-refractivity contribution < 1.29 is 4.42 Å². The first-order valence-electron chi connectivity index (χ1n) is 15.0. The molecule has 1 heterocycles. The van der Waals surface area contributed by atoms with Gasteiger partial charge in [-0.25, -0.2) is 0 Å². The molecule has 0 aliphatic carbocycles. The van der Waals surface area contributed by atoms with Crippen LogP contribution in [-0.4, -0.2) is 0 Å². The minimum atomic E-state index is 0.911. The molecule has 8 aromatic carbocycles. The summed E-state index contributed by atoms with van der Waals surface area (Å²) < 4.78 is 6.55. The molecule has 0 N–H and O–H groups in total. The van der Waals surface area contributed by atoms with E-state index >= 15 is 0 Å². The molecule has 0 aliphatic heterocycles. The second kappa shape index (κ2) is 9.86. The van der Waals surface area contributed by atoms with Gasteiger partial charge in [0.15, 0.2) is 0 Å². The van der Waals surface area contributed by atoms with Crippen LogP contribution in [0.25, 0.3) is 65.4 Å². The Morgan fingerprint density at radius 3 is 1.73 bits per heavy atom. The first kappa shape index (κ1) is 24.7. The van der Waals surface area contributed by atoms with Gasteiger partial charge < -0.3 is 9.32 Å². The molecule has 2 nitrogen and oxygen atoms in total. The van der Waals surface area contributed by atoms with Crippen LogP contribution < -0.4 is 4.90 Å². The monoisotopic (exact) mass is 561 g/mol. The highest BCUT2D eigenvalue weighted by atomic mass is 16.3. The van der Waals surface area contributed by atoms with Crippen LogP contribution in [0.15, 0.2) is 168 Å². The molecule has 0 radical (unpaired) electrons. The minimum Gasteiger partial charge on any atom is -0.456 e. The number of fused-ring (bicyclic) bond motifs is 8. The molecule has 0 spiro atoms. The lowest BCUT2D eigenvalue weighted by molar-refractivity contribution is 0.669. The van der Waals surface area contributed by atoms with Gasteiger partial charge in [0.25, 0.3) is 0 Å². The third-order valence-electron chi connectivity index (χ3n) is 8.83. The molecule has 44 heavy (non-hydrogen) atoms. The number of hydrogen-bond donors (Lipinski definition) is 0. The van der Waals surface area contributed by atoms with Crippen molar-refractivity contribution in [1.82, 2.24) is 0 Å². The summed E-state index contributed by atoms with van der Waals surface area (Å²) in [5.74, 6) is 0. The Hall–Kier alpha value is -5.86. The van der Waals surface area contributed by atoms with E-state index in [4.69, 9.17) is 4.42 Å². The van der Waals surface area contributed by atoms with Crippen LogP contribution in [0.1, 0.15) is 0 Å². The van der Waals surface area contributed by atoms with E-state index in [9.17, 15) is 0 Å². The topological polar surface area (TPSA) is 16.4 Å². The van der Waals surface area contributed by atoms with Gasteiger partial charge in [-0.05, 0) is 75.1 Å². The van der Waals surface area contributed by atoms with Crippen molar-refractivity contribution in [2.75, 3.05) is 4.90 Å². The van der Waals surface area contributed by atoms with E-state index in [0.29, 0.717) is 0 Å². The van der Waals surface area contributed by atoms with Crippen molar-refractivity contribution >= 4 is 71.3 Å². The van der Waals surface area contributed by atoms with Crippen molar-refractivity contribution in [2.45, 2.75) is 0 Å². The number of anilines is 3. The smallest absolute Gasteiger partial charge is 0.136 e. The van der Waals surface area contributed by atoms with Gasteiger partial charge in [-0.3, -0.25) is 0 Å². The van der Waals surface area contributed by atoms with Crippen LogP contribution >= 0.6 is 0 Å². The summed E-state index contributed by atoms with van der Waals surface area (Å²) >= 11 is 0. The maximum absolute atomic E-state index is 6.55. The zero-order chi connectivity index (χ0) is 29.0. The number of para-hydroxylation sites is 3. The lowest BCUT2D eigenvalue weighted by atomic mass is 9.89. The van der Waals surface area contributed by atoms with E-state index in [1.807, 2.05) is 6.07 Å². The average molecular weight is 562 g/mol. The number of hydrogen-bond acceptors (Lipinski definition) is 2. The Kier molecular flexibility index (Phi) is 5.54. The fraction of sp³-hybridized carbons (Fsp3) is 0. The number of furan rings is 1. The summed E-state index contributed by atoms with van der Waals surface area (Å²) in [5.41, 5.74) is 7.57. The lowest BCUT2D eigenvalue weighted by Gasteiger charge is -2.27. The lowest BCUT2D eigenvalue weighted by Crippen LogP contribution is -2.10. The highest BCUT2D eigenvalue weighted by Gasteiger charge is 2.20.